The highest BCUT2D eigenvalue weighted by Crippen LogP contribution is 2.29. The molecule has 0 fully saturated rings. The number of hydrogen-bond donors (Lipinski definition) is 2. The van der Waals surface area contributed by atoms with Crippen molar-refractivity contribution in [1.82, 2.24) is 0 Å². The molecule has 7 nitrogen and oxygen atoms in total. The lowest BCUT2D eigenvalue weighted by molar-refractivity contribution is 0.372. The van der Waals surface area contributed by atoms with Crippen molar-refractivity contribution in [1.29, 1.82) is 0 Å². The Hall–Kier alpha value is -2.74. The van der Waals surface area contributed by atoms with Crippen LogP contribution in [0.2, 0.25) is 0 Å². The minimum absolute atomic E-state index is 0.0348. The van der Waals surface area contributed by atoms with Crippen LogP contribution in [0.3, 0.4) is 0 Å². The van der Waals surface area contributed by atoms with Crippen LogP contribution in [0.15, 0.2) is 45.7 Å². The van der Waals surface area contributed by atoms with Crippen molar-refractivity contribution in [3.63, 3.8) is 0 Å². The maximum absolute atomic E-state index is 12.2. The maximum atomic E-state index is 12.2. The third-order valence-electron chi connectivity index (χ3n) is 2.99. The minimum atomic E-state index is -3.96. The van der Waals surface area contributed by atoms with Gasteiger partial charge in [0, 0.05) is 12.3 Å². The maximum Gasteiger partial charge on any atom is 0.282 e. The molecule has 0 atom stereocenters. The molecule has 0 unspecified atom stereocenters. The average Bonchev–Trinajstić information content (AvgIpc) is 2.54. The summed E-state index contributed by atoms with van der Waals surface area (Å²) in [4.78, 5) is -0.117. The normalized spacial score (nSPS) is 11.6. The van der Waals surface area contributed by atoms with Crippen LogP contribution < -0.4 is 9.47 Å². The molecule has 0 amide bonds. The lowest BCUT2D eigenvalue weighted by Gasteiger charge is -2.05. The Kier molecular flexibility index (Phi) is 4.75. The van der Waals surface area contributed by atoms with E-state index in [1.165, 1.54) is 50.6 Å². The highest BCUT2D eigenvalue weighted by Gasteiger charge is 2.15. The van der Waals surface area contributed by atoms with E-state index in [0.717, 1.165) is 6.21 Å². The Bertz CT molecular complexity index is 845. The van der Waals surface area contributed by atoms with Gasteiger partial charge in [0.25, 0.3) is 10.0 Å². The predicted molar refractivity (Wildman–Crippen MR) is 84.1 cm³/mol. The standard InChI is InChI=1S/C15H15NO6S/c1-21-14-7-10(3-5-12(14)17)9-16-23(19,20)11-4-6-13(18)15(8-11)22-2/h3-9,17-18H,1-2H3/b16-9+. The van der Waals surface area contributed by atoms with Gasteiger partial charge in [-0.25, -0.2) is 0 Å². The second-order valence-corrected chi connectivity index (χ2v) is 6.11. The van der Waals surface area contributed by atoms with Gasteiger partial charge in [0.15, 0.2) is 23.0 Å². The summed E-state index contributed by atoms with van der Waals surface area (Å²) in [6, 6.07) is 7.93. The van der Waals surface area contributed by atoms with Crippen LogP contribution in [0.4, 0.5) is 0 Å². The van der Waals surface area contributed by atoms with Crippen molar-refractivity contribution in [3.05, 3.63) is 42.0 Å². The molecule has 0 aromatic heterocycles. The van der Waals surface area contributed by atoms with E-state index in [-0.39, 0.29) is 27.9 Å². The van der Waals surface area contributed by atoms with E-state index < -0.39 is 10.0 Å². The van der Waals surface area contributed by atoms with Crippen molar-refractivity contribution in [2.45, 2.75) is 4.90 Å². The molecule has 0 saturated carbocycles. The molecule has 2 N–H and O–H groups in total. The zero-order chi connectivity index (χ0) is 17.0. The first-order valence-corrected chi connectivity index (χ1v) is 7.85. The molecule has 2 aromatic rings. The third-order valence-corrected chi connectivity index (χ3v) is 4.23. The van der Waals surface area contributed by atoms with Crippen LogP contribution in [0, 0.1) is 0 Å². The summed E-state index contributed by atoms with van der Waals surface area (Å²) in [5, 5.41) is 19.0. The Morgan fingerprint density at radius 1 is 0.957 bits per heavy atom. The fourth-order valence-corrected chi connectivity index (χ4v) is 2.66. The van der Waals surface area contributed by atoms with Crippen molar-refractivity contribution in [3.8, 4) is 23.0 Å². The number of aromatic hydroxyl groups is 2. The van der Waals surface area contributed by atoms with E-state index in [1.54, 1.807) is 0 Å². The minimum Gasteiger partial charge on any atom is -0.504 e. The van der Waals surface area contributed by atoms with E-state index in [0.29, 0.717) is 5.56 Å². The van der Waals surface area contributed by atoms with Crippen LogP contribution in [-0.2, 0) is 10.0 Å². The van der Waals surface area contributed by atoms with Gasteiger partial charge in [-0.15, -0.1) is 0 Å². The first kappa shape index (κ1) is 16.6. The van der Waals surface area contributed by atoms with E-state index in [2.05, 4.69) is 4.40 Å². The van der Waals surface area contributed by atoms with Gasteiger partial charge >= 0.3 is 0 Å². The molecule has 23 heavy (non-hydrogen) atoms. The molecule has 0 aliphatic carbocycles. The summed E-state index contributed by atoms with van der Waals surface area (Å²) in [7, 11) is -1.26. The molecule has 2 rings (SSSR count). The highest BCUT2D eigenvalue weighted by molar-refractivity contribution is 7.90. The van der Waals surface area contributed by atoms with Crippen molar-refractivity contribution in [2.24, 2.45) is 4.40 Å². The highest BCUT2D eigenvalue weighted by atomic mass is 32.2. The van der Waals surface area contributed by atoms with Crippen LogP contribution in [-0.4, -0.2) is 39.1 Å². The van der Waals surface area contributed by atoms with E-state index >= 15 is 0 Å². The fraction of sp³-hybridized carbons (Fsp3) is 0.133. The van der Waals surface area contributed by atoms with E-state index in [4.69, 9.17) is 9.47 Å². The predicted octanol–water partition coefficient (Wildman–Crippen LogP) is 1.92. The van der Waals surface area contributed by atoms with Crippen LogP contribution in [0.25, 0.3) is 0 Å². The van der Waals surface area contributed by atoms with Crippen molar-refractivity contribution >= 4 is 16.2 Å². The Balaban J connectivity index is 2.34. The second kappa shape index (κ2) is 6.57. The lowest BCUT2D eigenvalue weighted by Crippen LogP contribution is -1.99. The SMILES string of the molecule is COc1cc(/C=N/S(=O)(=O)c2ccc(O)c(OC)c2)ccc1O. The number of methoxy groups -OCH3 is 2. The summed E-state index contributed by atoms with van der Waals surface area (Å²) in [6.07, 6.45) is 1.14. The zero-order valence-electron chi connectivity index (χ0n) is 12.4. The first-order chi connectivity index (χ1) is 10.9. The average molecular weight is 337 g/mol. The van der Waals surface area contributed by atoms with Gasteiger partial charge in [-0.3, -0.25) is 0 Å². The number of nitrogens with zero attached hydrogens (tertiary/aromatic N) is 1. The summed E-state index contributed by atoms with van der Waals surface area (Å²) < 4.78 is 37.8. The molecule has 8 heteroatoms. The number of hydrogen-bond acceptors (Lipinski definition) is 6. The zero-order valence-corrected chi connectivity index (χ0v) is 13.2. The largest absolute Gasteiger partial charge is 0.504 e. The Morgan fingerprint density at radius 2 is 1.52 bits per heavy atom. The first-order valence-electron chi connectivity index (χ1n) is 6.41. The Morgan fingerprint density at radius 3 is 2.13 bits per heavy atom. The van der Waals surface area contributed by atoms with Gasteiger partial charge in [-0.1, -0.05) is 0 Å². The fourth-order valence-electron chi connectivity index (χ4n) is 1.78. The van der Waals surface area contributed by atoms with Crippen LogP contribution in [0.5, 0.6) is 23.0 Å². The van der Waals surface area contributed by atoms with Gasteiger partial charge in [0.05, 0.1) is 19.1 Å². The summed E-state index contributed by atoms with van der Waals surface area (Å²) in [6.45, 7) is 0. The summed E-state index contributed by atoms with van der Waals surface area (Å²) in [5.74, 6) is 0.0136. The van der Waals surface area contributed by atoms with E-state index in [1.807, 2.05) is 0 Å². The van der Waals surface area contributed by atoms with Crippen LogP contribution >= 0.6 is 0 Å². The van der Waals surface area contributed by atoms with Gasteiger partial charge in [-0.05, 0) is 35.9 Å². The quantitative estimate of drug-likeness (QED) is 0.808. The third kappa shape index (κ3) is 3.72. The number of phenols is 2. The topological polar surface area (TPSA) is 105 Å². The van der Waals surface area contributed by atoms with Crippen LogP contribution in [0.1, 0.15) is 5.56 Å². The van der Waals surface area contributed by atoms with Gasteiger partial charge in [0.1, 0.15) is 0 Å². The molecule has 0 saturated heterocycles. The van der Waals surface area contributed by atoms with Gasteiger partial charge in [0.2, 0.25) is 0 Å². The van der Waals surface area contributed by atoms with Gasteiger partial charge < -0.3 is 19.7 Å². The number of ether oxygens (including phenoxy) is 2. The second-order valence-electron chi connectivity index (χ2n) is 4.47. The monoisotopic (exact) mass is 337 g/mol. The molecule has 0 heterocycles. The summed E-state index contributed by atoms with van der Waals surface area (Å²) >= 11 is 0. The molecule has 2 aromatic carbocycles. The molecule has 0 radical (unpaired) electrons. The molecule has 0 bridgehead atoms. The number of benzene rings is 2. The van der Waals surface area contributed by atoms with Crippen molar-refractivity contribution < 1.29 is 28.1 Å². The molecular weight excluding hydrogens is 322 g/mol. The Labute approximate surface area is 133 Å². The molecule has 0 aliphatic heterocycles. The molecule has 122 valence electrons. The van der Waals surface area contributed by atoms with Crippen molar-refractivity contribution in [2.75, 3.05) is 14.2 Å². The molecule has 0 aliphatic rings. The van der Waals surface area contributed by atoms with Gasteiger partial charge in [-0.2, -0.15) is 12.8 Å². The number of phenolic OH excluding ortho intramolecular Hbond substituents is 2. The number of rotatable bonds is 5. The lowest BCUT2D eigenvalue weighted by atomic mass is 10.2. The van der Waals surface area contributed by atoms with E-state index in [9.17, 15) is 18.6 Å². The molecule has 0 spiro atoms. The smallest absolute Gasteiger partial charge is 0.282 e. The molecular formula is C15H15NO6S. The number of sulfonamides is 1. The summed E-state index contributed by atoms with van der Waals surface area (Å²) in [5.41, 5.74) is 0.439.